The average molecular weight is 384 g/mol. The predicted octanol–water partition coefficient (Wildman–Crippen LogP) is 3.75. The molecule has 0 fully saturated rings. The van der Waals surface area contributed by atoms with Gasteiger partial charge in [-0.25, -0.2) is 8.78 Å². The number of rotatable bonds is 3. The van der Waals surface area contributed by atoms with Gasteiger partial charge in [-0.2, -0.15) is 0 Å². The van der Waals surface area contributed by atoms with Gasteiger partial charge in [0.1, 0.15) is 24.0 Å². The van der Waals surface area contributed by atoms with Crippen LogP contribution in [0.3, 0.4) is 0 Å². The maximum atomic E-state index is 14.5. The molecule has 2 aromatic rings. The van der Waals surface area contributed by atoms with Crippen molar-refractivity contribution >= 4 is 15.9 Å². The third kappa shape index (κ3) is 2.75. The summed E-state index contributed by atoms with van der Waals surface area (Å²) < 4.78 is 35.5. The number of hydrogen-bond acceptors (Lipinski definition) is 3. The summed E-state index contributed by atoms with van der Waals surface area (Å²) in [5.41, 5.74) is 5.09. The van der Waals surface area contributed by atoms with Crippen molar-refractivity contribution in [2.45, 2.75) is 24.0 Å². The second kappa shape index (κ2) is 5.85. The highest BCUT2D eigenvalue weighted by atomic mass is 79.9. The number of aliphatic hydroxyl groups is 1. The molecule has 0 saturated carbocycles. The number of benzene rings is 2. The van der Waals surface area contributed by atoms with Crippen LogP contribution in [0.5, 0.6) is 5.75 Å². The largest absolute Gasteiger partial charge is 0.485 e. The first kappa shape index (κ1) is 16.4. The highest BCUT2D eigenvalue weighted by Gasteiger charge is 2.56. The molecular weight excluding hydrogens is 368 g/mol. The Balaban J connectivity index is 2.13. The summed E-state index contributed by atoms with van der Waals surface area (Å²) >= 11 is 3.27. The second-order valence-electron chi connectivity index (χ2n) is 5.70. The third-order valence-electron chi connectivity index (χ3n) is 4.22. The zero-order valence-electron chi connectivity index (χ0n) is 12.2. The van der Waals surface area contributed by atoms with Gasteiger partial charge >= 0.3 is 0 Å². The van der Waals surface area contributed by atoms with Crippen molar-refractivity contribution in [3.05, 3.63) is 64.1 Å². The lowest BCUT2D eigenvalue weighted by molar-refractivity contribution is -0.131. The number of fused-ring (bicyclic) bond motifs is 1. The van der Waals surface area contributed by atoms with Gasteiger partial charge in [-0.05, 0) is 23.8 Å². The molecule has 0 spiro atoms. The fraction of sp³-hybridized carbons (Fsp3) is 0.294. The van der Waals surface area contributed by atoms with Gasteiger partial charge in [-0.1, -0.05) is 46.3 Å². The minimum atomic E-state index is -3.47. The summed E-state index contributed by atoms with van der Waals surface area (Å²) in [6.07, 6.45) is -0.735. The van der Waals surface area contributed by atoms with Gasteiger partial charge < -0.3 is 15.6 Å². The van der Waals surface area contributed by atoms with Crippen LogP contribution in [-0.2, 0) is 5.54 Å². The molecule has 23 heavy (non-hydrogen) atoms. The molecule has 3 nitrogen and oxygen atoms in total. The number of hydrogen-bond donors (Lipinski definition) is 2. The van der Waals surface area contributed by atoms with Crippen LogP contribution < -0.4 is 10.5 Å². The van der Waals surface area contributed by atoms with E-state index in [1.165, 1.54) is 6.07 Å². The molecular formula is C17H16BrF2NO2. The molecule has 1 unspecified atom stereocenters. The van der Waals surface area contributed by atoms with E-state index in [1.807, 2.05) is 30.3 Å². The zero-order chi connectivity index (χ0) is 16.7. The number of halogens is 3. The van der Waals surface area contributed by atoms with E-state index in [0.29, 0.717) is 10.2 Å². The molecule has 3 N–H and O–H groups in total. The van der Waals surface area contributed by atoms with Crippen molar-refractivity contribution in [1.29, 1.82) is 0 Å². The molecule has 3 rings (SSSR count). The van der Waals surface area contributed by atoms with Gasteiger partial charge in [0.05, 0.1) is 0 Å². The van der Waals surface area contributed by atoms with Gasteiger partial charge in [0.15, 0.2) is 0 Å². The van der Waals surface area contributed by atoms with Crippen LogP contribution in [0.15, 0.2) is 53.0 Å². The van der Waals surface area contributed by atoms with Crippen molar-refractivity contribution in [2.75, 3.05) is 6.61 Å². The van der Waals surface area contributed by atoms with Crippen molar-refractivity contribution in [3.63, 3.8) is 0 Å². The highest BCUT2D eigenvalue weighted by molar-refractivity contribution is 9.10. The summed E-state index contributed by atoms with van der Waals surface area (Å²) in [6, 6.07) is 14.0. The normalized spacial score (nSPS) is 24.0. The lowest BCUT2D eigenvalue weighted by Crippen LogP contribution is -2.57. The Kier molecular flexibility index (Phi) is 4.16. The van der Waals surface area contributed by atoms with Crippen molar-refractivity contribution in [1.82, 2.24) is 0 Å². The highest BCUT2D eigenvalue weighted by Crippen LogP contribution is 2.50. The molecule has 0 amide bonds. The van der Waals surface area contributed by atoms with Gasteiger partial charge in [0, 0.05) is 16.5 Å². The molecule has 0 saturated heterocycles. The maximum Gasteiger partial charge on any atom is 0.292 e. The zero-order valence-corrected chi connectivity index (χ0v) is 13.8. The molecule has 122 valence electrons. The molecule has 2 atom stereocenters. The summed E-state index contributed by atoms with van der Waals surface area (Å²) in [5, 5.41) is 9.18. The molecule has 1 aliphatic rings. The van der Waals surface area contributed by atoms with Crippen LogP contribution in [0.4, 0.5) is 8.78 Å². The maximum absolute atomic E-state index is 14.5. The van der Waals surface area contributed by atoms with E-state index in [0.717, 1.165) is 5.56 Å². The predicted molar refractivity (Wildman–Crippen MR) is 86.5 cm³/mol. The van der Waals surface area contributed by atoms with Crippen LogP contribution in [0.25, 0.3) is 0 Å². The van der Waals surface area contributed by atoms with E-state index in [9.17, 15) is 13.9 Å². The molecule has 0 aromatic heterocycles. The van der Waals surface area contributed by atoms with E-state index in [4.69, 9.17) is 10.5 Å². The van der Waals surface area contributed by atoms with Crippen molar-refractivity contribution in [2.24, 2.45) is 5.73 Å². The summed E-state index contributed by atoms with van der Waals surface area (Å²) in [6.45, 7) is -1.32. The summed E-state index contributed by atoms with van der Waals surface area (Å²) in [5.74, 6) is -3.16. The van der Waals surface area contributed by atoms with E-state index in [2.05, 4.69) is 15.9 Å². The van der Waals surface area contributed by atoms with Crippen LogP contribution in [0, 0.1) is 0 Å². The van der Waals surface area contributed by atoms with Gasteiger partial charge in [0.25, 0.3) is 5.92 Å². The Morgan fingerprint density at radius 3 is 2.61 bits per heavy atom. The lowest BCUT2D eigenvalue weighted by atomic mass is 9.76. The Morgan fingerprint density at radius 1 is 1.26 bits per heavy atom. The minimum Gasteiger partial charge on any atom is -0.485 e. The molecule has 0 bridgehead atoms. The molecule has 2 aromatic carbocycles. The fourth-order valence-corrected chi connectivity index (χ4v) is 3.25. The Labute approximate surface area is 141 Å². The molecule has 1 heterocycles. The fourth-order valence-electron chi connectivity index (χ4n) is 2.89. The summed E-state index contributed by atoms with van der Waals surface area (Å²) in [7, 11) is 0. The number of ether oxygens (including phenoxy) is 1. The topological polar surface area (TPSA) is 55.5 Å². The smallest absolute Gasteiger partial charge is 0.292 e. The number of nitrogens with two attached hydrogens (primary N) is 1. The first-order chi connectivity index (χ1) is 10.9. The molecule has 1 aliphatic heterocycles. The number of aliphatic hydroxyl groups excluding tert-OH is 1. The van der Waals surface area contributed by atoms with Gasteiger partial charge in [-0.15, -0.1) is 0 Å². The SMILES string of the molecule is N[C@]1(C(F)(F)CO)CC(c2ccccc2)Oc2ccc(Br)cc21. The molecule has 0 aliphatic carbocycles. The van der Waals surface area contributed by atoms with Crippen molar-refractivity contribution < 1.29 is 18.6 Å². The monoisotopic (exact) mass is 383 g/mol. The molecule has 6 heteroatoms. The Hall–Kier alpha value is -1.50. The van der Waals surface area contributed by atoms with E-state index >= 15 is 0 Å². The molecule has 0 radical (unpaired) electrons. The van der Waals surface area contributed by atoms with Crippen LogP contribution in [-0.4, -0.2) is 17.6 Å². The quantitative estimate of drug-likeness (QED) is 0.848. The second-order valence-corrected chi connectivity index (χ2v) is 6.61. The van der Waals surface area contributed by atoms with Gasteiger partial charge in [-0.3, -0.25) is 0 Å². The number of alkyl halides is 2. The van der Waals surface area contributed by atoms with E-state index in [1.54, 1.807) is 12.1 Å². The Bertz CT molecular complexity index is 711. The van der Waals surface area contributed by atoms with Gasteiger partial charge in [0.2, 0.25) is 0 Å². The third-order valence-corrected chi connectivity index (χ3v) is 4.71. The first-order valence-electron chi connectivity index (χ1n) is 7.16. The van der Waals surface area contributed by atoms with Crippen LogP contribution in [0.1, 0.15) is 23.7 Å². The van der Waals surface area contributed by atoms with Crippen molar-refractivity contribution in [3.8, 4) is 5.75 Å². The van der Waals surface area contributed by atoms with E-state index in [-0.39, 0.29) is 12.0 Å². The first-order valence-corrected chi connectivity index (χ1v) is 7.96. The van der Waals surface area contributed by atoms with Crippen LogP contribution >= 0.6 is 15.9 Å². The average Bonchev–Trinajstić information content (AvgIpc) is 2.56. The van der Waals surface area contributed by atoms with Crippen LogP contribution in [0.2, 0.25) is 0 Å². The Morgan fingerprint density at radius 2 is 1.96 bits per heavy atom. The van der Waals surface area contributed by atoms with E-state index < -0.39 is 24.2 Å². The standard InChI is InChI=1S/C17H16BrF2NO2/c18-12-6-7-14-13(8-12)16(21,17(19,20)10-22)9-15(23-14)11-4-2-1-3-5-11/h1-8,15,22H,9-10,21H2/t15?,16-/m1/s1. The lowest BCUT2D eigenvalue weighted by Gasteiger charge is -2.43. The summed E-state index contributed by atoms with van der Waals surface area (Å²) in [4.78, 5) is 0. The minimum absolute atomic E-state index is 0.131.